The van der Waals surface area contributed by atoms with Crippen LogP contribution in [-0.2, 0) is 41.1 Å². The van der Waals surface area contributed by atoms with Crippen molar-refractivity contribution in [2.75, 3.05) is 0 Å². The SMILES string of the molecule is CC[C@@]1(O)C(=O)OCc2c1cc1n(c2=O)Cc2c-1nc1cc(F)c(C)c3c1c2C(NC(=O)Oc1cc(C)c2c(c1)CCC(C)(CC/C=C(\C)CC/C=C(\C)CCC=C(C)C)O2)CC3. The number of carbonyl (C=O) groups is 2. The van der Waals surface area contributed by atoms with Crippen LogP contribution in [0.2, 0.25) is 0 Å². The number of ether oxygens (including phenoxy) is 3. The van der Waals surface area contributed by atoms with E-state index in [0.29, 0.717) is 41.1 Å². The molecule has 2 aromatic heterocycles. The third-order valence-corrected chi connectivity index (χ3v) is 13.8. The van der Waals surface area contributed by atoms with E-state index in [-0.39, 0.29) is 42.1 Å². The number of aryl methyl sites for hydroxylation is 3. The third-order valence-electron chi connectivity index (χ3n) is 13.8. The summed E-state index contributed by atoms with van der Waals surface area (Å²) in [5.74, 6) is 0.0632. The Morgan fingerprint density at radius 3 is 2.46 bits per heavy atom. The van der Waals surface area contributed by atoms with Gasteiger partial charge in [-0.2, -0.15) is 0 Å². The highest BCUT2D eigenvalue weighted by Gasteiger charge is 2.46. The highest BCUT2D eigenvalue weighted by atomic mass is 19.1. The number of allylic oxidation sites excluding steroid dienone is 6. The van der Waals surface area contributed by atoms with Gasteiger partial charge in [0.25, 0.3) is 5.56 Å². The lowest BCUT2D eigenvalue weighted by atomic mass is 9.81. The van der Waals surface area contributed by atoms with Crippen molar-refractivity contribution in [2.45, 2.75) is 156 Å². The lowest BCUT2D eigenvalue weighted by molar-refractivity contribution is -0.172. The van der Waals surface area contributed by atoms with Crippen LogP contribution in [0.5, 0.6) is 11.5 Å². The molecule has 3 atom stereocenters. The van der Waals surface area contributed by atoms with Gasteiger partial charge in [-0.1, -0.05) is 41.9 Å². The quantitative estimate of drug-likeness (QED) is 0.0937. The number of hydrogen-bond acceptors (Lipinski definition) is 8. The zero-order valence-corrected chi connectivity index (χ0v) is 38.0. The molecule has 1 amide bonds. The fourth-order valence-electron chi connectivity index (χ4n) is 10.0. The van der Waals surface area contributed by atoms with Crippen molar-refractivity contribution in [3.8, 4) is 22.9 Å². The van der Waals surface area contributed by atoms with Gasteiger partial charge in [0.15, 0.2) is 5.60 Å². The van der Waals surface area contributed by atoms with Gasteiger partial charge in [0.05, 0.1) is 35.1 Å². The molecule has 8 rings (SSSR count). The second-order valence-corrected chi connectivity index (χ2v) is 18.7. The zero-order valence-electron chi connectivity index (χ0n) is 38.0. The van der Waals surface area contributed by atoms with Gasteiger partial charge in [0, 0.05) is 22.6 Å². The number of nitrogens with zero attached hydrogens (tertiary/aromatic N) is 2. The lowest BCUT2D eigenvalue weighted by Gasteiger charge is -2.37. The van der Waals surface area contributed by atoms with E-state index in [0.717, 1.165) is 90.3 Å². The van der Waals surface area contributed by atoms with Crippen molar-refractivity contribution >= 4 is 23.0 Å². The average molecular weight is 858 g/mol. The van der Waals surface area contributed by atoms with Crippen LogP contribution >= 0.6 is 0 Å². The van der Waals surface area contributed by atoms with E-state index in [9.17, 15) is 19.5 Å². The molecule has 332 valence electrons. The van der Waals surface area contributed by atoms with Crippen LogP contribution in [0, 0.1) is 19.7 Å². The van der Waals surface area contributed by atoms with Crippen molar-refractivity contribution in [3.63, 3.8) is 0 Å². The molecule has 0 saturated heterocycles. The first-order chi connectivity index (χ1) is 30.0. The first-order valence-corrected chi connectivity index (χ1v) is 22.6. The molecule has 5 heterocycles. The van der Waals surface area contributed by atoms with Crippen LogP contribution in [0.1, 0.15) is 150 Å². The molecule has 10 nitrogen and oxygen atoms in total. The van der Waals surface area contributed by atoms with Crippen LogP contribution in [0.15, 0.2) is 64.0 Å². The topological polar surface area (TPSA) is 129 Å². The van der Waals surface area contributed by atoms with E-state index < -0.39 is 29.3 Å². The Kier molecular flexibility index (Phi) is 12.0. The van der Waals surface area contributed by atoms with Crippen molar-refractivity contribution in [3.05, 3.63) is 120 Å². The maximum Gasteiger partial charge on any atom is 0.413 e. The summed E-state index contributed by atoms with van der Waals surface area (Å²) in [7, 11) is 0. The monoisotopic (exact) mass is 857 g/mol. The summed E-state index contributed by atoms with van der Waals surface area (Å²) in [4.78, 5) is 45.6. The Hall–Kier alpha value is -5.55. The minimum Gasteiger partial charge on any atom is -0.487 e. The minimum absolute atomic E-state index is 0.0110. The number of hydrogen-bond donors (Lipinski definition) is 2. The molecular weight excluding hydrogens is 798 g/mol. The Morgan fingerprint density at radius 1 is 1.00 bits per heavy atom. The Bertz CT molecular complexity index is 2710. The third kappa shape index (κ3) is 8.36. The second-order valence-electron chi connectivity index (χ2n) is 18.7. The largest absolute Gasteiger partial charge is 0.487 e. The molecule has 4 aromatic rings. The first kappa shape index (κ1) is 44.1. The maximum atomic E-state index is 15.4. The van der Waals surface area contributed by atoms with Gasteiger partial charge in [-0.05, 0) is 165 Å². The molecule has 0 saturated carbocycles. The summed E-state index contributed by atoms with van der Waals surface area (Å²) in [6.07, 6.45) is 15.2. The molecule has 63 heavy (non-hydrogen) atoms. The number of benzene rings is 2. The number of nitrogens with one attached hydrogen (secondary N) is 1. The number of esters is 1. The van der Waals surface area contributed by atoms with Crippen LogP contribution in [0.4, 0.5) is 9.18 Å². The smallest absolute Gasteiger partial charge is 0.413 e. The first-order valence-electron chi connectivity index (χ1n) is 22.6. The number of pyridine rings is 2. The molecule has 3 aliphatic heterocycles. The molecular formula is C52H60FN3O7. The van der Waals surface area contributed by atoms with Crippen LogP contribution in [0.3, 0.4) is 0 Å². The summed E-state index contributed by atoms with van der Waals surface area (Å²) in [6, 6.07) is 6.23. The van der Waals surface area contributed by atoms with E-state index in [1.807, 2.05) is 19.1 Å². The highest BCUT2D eigenvalue weighted by Crippen LogP contribution is 2.46. The number of halogens is 1. The molecule has 2 aromatic carbocycles. The van der Waals surface area contributed by atoms with Crippen LogP contribution < -0.4 is 20.3 Å². The van der Waals surface area contributed by atoms with E-state index >= 15 is 4.39 Å². The van der Waals surface area contributed by atoms with Crippen LogP contribution in [0.25, 0.3) is 22.3 Å². The van der Waals surface area contributed by atoms with Crippen molar-refractivity contribution < 1.29 is 33.3 Å². The molecule has 0 radical (unpaired) electrons. The Balaban J connectivity index is 0.981. The molecule has 11 heteroatoms. The molecule has 0 bridgehead atoms. The molecule has 2 unspecified atom stereocenters. The summed E-state index contributed by atoms with van der Waals surface area (Å²) in [5.41, 5.74) is 7.90. The van der Waals surface area contributed by atoms with Crippen molar-refractivity contribution in [1.29, 1.82) is 0 Å². The molecule has 4 aliphatic rings. The number of rotatable bonds is 12. The Morgan fingerprint density at radius 2 is 1.73 bits per heavy atom. The normalized spacial score (nSPS) is 21.2. The van der Waals surface area contributed by atoms with Gasteiger partial charge in [0.1, 0.15) is 29.5 Å². The number of aromatic nitrogens is 2. The van der Waals surface area contributed by atoms with E-state index in [1.54, 1.807) is 24.5 Å². The van der Waals surface area contributed by atoms with Gasteiger partial charge < -0.3 is 29.2 Å². The molecule has 1 aliphatic carbocycles. The van der Waals surface area contributed by atoms with Crippen molar-refractivity contribution in [2.24, 2.45) is 0 Å². The zero-order chi connectivity index (χ0) is 45.0. The van der Waals surface area contributed by atoms with E-state index in [1.165, 1.54) is 22.8 Å². The Labute approximate surface area is 369 Å². The summed E-state index contributed by atoms with van der Waals surface area (Å²) in [5, 5.41) is 15.3. The number of fused-ring (bicyclic) bond motifs is 6. The van der Waals surface area contributed by atoms with E-state index in [2.05, 4.69) is 58.2 Å². The fourth-order valence-corrected chi connectivity index (χ4v) is 10.0. The van der Waals surface area contributed by atoms with Gasteiger partial charge in [-0.15, -0.1) is 0 Å². The summed E-state index contributed by atoms with van der Waals surface area (Å²) < 4.78 is 34.9. The van der Waals surface area contributed by atoms with Crippen LogP contribution in [-0.4, -0.2) is 32.3 Å². The standard InChI is InChI=1S/C52H60FN3O7/c1-9-52(60)39-25-43-46-37(27-56(43)48(57)38(39)28-61-49(52)58)45-41(19-18-36-33(7)40(53)26-42(54-46)44(36)45)55-50(59)62-35-23-32(6)47-34(24-35)20-22-51(8,63-47)21-12-17-31(5)16-11-15-30(4)14-10-13-29(2)3/h13,15,17,23-26,41,60H,9-12,14,16,18-22,27-28H2,1-8H3,(H,55,59)/b30-15+,31-17+/t41?,51?,52-/m0/s1. The average Bonchev–Trinajstić information content (AvgIpc) is 3.60. The number of carbonyl (C=O) groups excluding carboxylic acids is 2. The maximum absolute atomic E-state index is 15.4. The lowest BCUT2D eigenvalue weighted by Crippen LogP contribution is -2.44. The van der Waals surface area contributed by atoms with Gasteiger partial charge >= 0.3 is 12.1 Å². The van der Waals surface area contributed by atoms with Gasteiger partial charge in [0.2, 0.25) is 0 Å². The number of aliphatic hydroxyl groups is 1. The van der Waals surface area contributed by atoms with Crippen molar-refractivity contribution in [1.82, 2.24) is 14.9 Å². The predicted octanol–water partition coefficient (Wildman–Crippen LogP) is 10.9. The van der Waals surface area contributed by atoms with Gasteiger partial charge in [-0.3, -0.25) is 4.79 Å². The summed E-state index contributed by atoms with van der Waals surface area (Å²) in [6.45, 7) is 16.2. The van der Waals surface area contributed by atoms with E-state index in [4.69, 9.17) is 19.2 Å². The number of cyclic esters (lactones) is 1. The minimum atomic E-state index is -1.99. The predicted molar refractivity (Wildman–Crippen MR) is 243 cm³/mol. The molecule has 0 fully saturated rings. The summed E-state index contributed by atoms with van der Waals surface area (Å²) >= 11 is 0. The fraction of sp³-hybridized carbons (Fsp3) is 0.462. The highest BCUT2D eigenvalue weighted by molar-refractivity contribution is 5.93. The van der Waals surface area contributed by atoms with Gasteiger partial charge in [-0.25, -0.2) is 19.0 Å². The molecule has 0 spiro atoms. The second kappa shape index (κ2) is 17.2. The number of amides is 1. The molecule has 2 N–H and O–H groups in total.